The second kappa shape index (κ2) is 7.94. The molecule has 1 aromatic carbocycles. The van der Waals surface area contributed by atoms with Crippen LogP contribution in [0, 0.1) is 0 Å². The Morgan fingerprint density at radius 3 is 2.81 bits per heavy atom. The number of aliphatic carboxylic acids is 1. The van der Waals surface area contributed by atoms with Gasteiger partial charge >= 0.3 is 5.97 Å². The maximum atomic E-state index is 12.0. The number of pyridine rings is 1. The van der Waals surface area contributed by atoms with Gasteiger partial charge < -0.3 is 14.6 Å². The summed E-state index contributed by atoms with van der Waals surface area (Å²) in [6, 6.07) is 10.6. The van der Waals surface area contributed by atoms with E-state index < -0.39 is 12.0 Å². The average molecular weight is 369 g/mol. The molecule has 2 aliphatic rings. The molecule has 1 N–H and O–H groups in total. The lowest BCUT2D eigenvalue weighted by molar-refractivity contribution is -0.143. The van der Waals surface area contributed by atoms with Crippen molar-refractivity contribution in [1.82, 2.24) is 14.8 Å². The van der Waals surface area contributed by atoms with E-state index >= 15 is 0 Å². The highest BCUT2D eigenvalue weighted by Crippen LogP contribution is 2.35. The summed E-state index contributed by atoms with van der Waals surface area (Å²) in [6.45, 7) is 4.15. The first-order valence-corrected chi connectivity index (χ1v) is 9.19. The van der Waals surface area contributed by atoms with Crippen LogP contribution < -0.4 is 9.47 Å². The van der Waals surface area contributed by atoms with E-state index in [1.807, 2.05) is 29.2 Å². The van der Waals surface area contributed by atoms with Crippen molar-refractivity contribution in [2.24, 2.45) is 0 Å². The number of benzene rings is 1. The van der Waals surface area contributed by atoms with Crippen LogP contribution in [-0.4, -0.2) is 58.8 Å². The third kappa shape index (κ3) is 4.04. The summed E-state index contributed by atoms with van der Waals surface area (Å²) in [4.78, 5) is 20.8. The molecule has 3 heterocycles. The summed E-state index contributed by atoms with van der Waals surface area (Å²) >= 11 is 0. The van der Waals surface area contributed by atoms with Gasteiger partial charge in [0.25, 0.3) is 0 Å². The molecule has 1 fully saturated rings. The molecule has 1 aromatic heterocycles. The number of aromatic nitrogens is 1. The number of carbonyl (C=O) groups is 1. The first-order chi connectivity index (χ1) is 13.2. The molecule has 0 spiro atoms. The topological polar surface area (TPSA) is 75.1 Å². The smallest absolute Gasteiger partial charge is 0.325 e. The van der Waals surface area contributed by atoms with Gasteiger partial charge in [0.15, 0.2) is 11.5 Å². The molecule has 1 unspecified atom stereocenters. The fraction of sp³-hybridized carbons (Fsp3) is 0.400. The maximum absolute atomic E-state index is 12.0. The third-order valence-corrected chi connectivity index (χ3v) is 5.05. The molecule has 0 amide bonds. The molecule has 7 heteroatoms. The van der Waals surface area contributed by atoms with Crippen LogP contribution in [0.25, 0.3) is 0 Å². The number of rotatable bonds is 5. The first kappa shape index (κ1) is 17.8. The number of hydrogen-bond acceptors (Lipinski definition) is 6. The average Bonchev–Trinajstić information content (AvgIpc) is 3.03. The molecule has 2 aromatic rings. The van der Waals surface area contributed by atoms with Gasteiger partial charge in [-0.1, -0.05) is 12.1 Å². The fourth-order valence-corrected chi connectivity index (χ4v) is 3.72. The van der Waals surface area contributed by atoms with Crippen LogP contribution in [0.1, 0.15) is 23.7 Å². The highest BCUT2D eigenvalue weighted by molar-refractivity contribution is 5.76. The van der Waals surface area contributed by atoms with E-state index in [0.717, 1.165) is 43.9 Å². The predicted molar refractivity (Wildman–Crippen MR) is 98.6 cm³/mol. The molecule has 0 bridgehead atoms. The number of nitrogens with zero attached hydrogens (tertiary/aromatic N) is 3. The number of fused-ring (bicyclic) bond motifs is 1. The van der Waals surface area contributed by atoms with Crippen molar-refractivity contribution in [3.05, 3.63) is 53.9 Å². The highest BCUT2D eigenvalue weighted by Gasteiger charge is 2.30. The zero-order chi connectivity index (χ0) is 18.6. The van der Waals surface area contributed by atoms with Crippen LogP contribution >= 0.6 is 0 Å². The summed E-state index contributed by atoms with van der Waals surface area (Å²) in [5, 5.41) is 9.88. The van der Waals surface area contributed by atoms with Crippen LogP contribution in [0.2, 0.25) is 0 Å². The molecule has 27 heavy (non-hydrogen) atoms. The number of carboxylic acids is 1. The van der Waals surface area contributed by atoms with E-state index in [1.165, 1.54) is 0 Å². The standard InChI is InChI=1S/C20H23N3O4/c24-20(25)19(15-5-6-17-18(12-15)27-14-26-17)23-9-3-8-22(10-11-23)13-16-4-1-2-7-21-16/h1-2,4-7,12,19H,3,8-11,13-14H2,(H,24,25). The van der Waals surface area contributed by atoms with E-state index in [2.05, 4.69) is 9.88 Å². The summed E-state index contributed by atoms with van der Waals surface area (Å²) in [5.74, 6) is 0.442. The minimum atomic E-state index is -0.841. The second-order valence-electron chi connectivity index (χ2n) is 6.84. The van der Waals surface area contributed by atoms with E-state index in [9.17, 15) is 9.90 Å². The first-order valence-electron chi connectivity index (χ1n) is 9.19. The second-order valence-corrected chi connectivity index (χ2v) is 6.84. The van der Waals surface area contributed by atoms with Gasteiger partial charge in [-0.25, -0.2) is 0 Å². The molecule has 0 saturated carbocycles. The van der Waals surface area contributed by atoms with Crippen molar-refractivity contribution in [3.63, 3.8) is 0 Å². The van der Waals surface area contributed by atoms with Gasteiger partial charge in [0.1, 0.15) is 6.04 Å². The Bertz CT molecular complexity index is 799. The monoisotopic (exact) mass is 369 g/mol. The van der Waals surface area contributed by atoms with Crippen molar-refractivity contribution in [1.29, 1.82) is 0 Å². The number of carboxylic acid groups (broad SMARTS) is 1. The lowest BCUT2D eigenvalue weighted by Crippen LogP contribution is -2.37. The zero-order valence-corrected chi connectivity index (χ0v) is 15.1. The van der Waals surface area contributed by atoms with Crippen molar-refractivity contribution >= 4 is 5.97 Å². The quantitative estimate of drug-likeness (QED) is 0.865. The van der Waals surface area contributed by atoms with Gasteiger partial charge in [0.2, 0.25) is 6.79 Å². The van der Waals surface area contributed by atoms with Gasteiger partial charge in [0.05, 0.1) is 5.69 Å². The predicted octanol–water partition coefficient (Wildman–Crippen LogP) is 2.14. The molecule has 0 aliphatic carbocycles. The Morgan fingerprint density at radius 1 is 1.11 bits per heavy atom. The van der Waals surface area contributed by atoms with Crippen LogP contribution in [0.4, 0.5) is 0 Å². The minimum Gasteiger partial charge on any atom is -0.480 e. The molecule has 142 valence electrons. The SMILES string of the molecule is O=C(O)C(c1ccc2c(c1)OCO2)N1CCCN(Cc2ccccn2)CC1. The Kier molecular flexibility index (Phi) is 5.22. The molecular weight excluding hydrogens is 346 g/mol. The molecule has 1 saturated heterocycles. The Hall–Kier alpha value is -2.64. The molecule has 0 radical (unpaired) electrons. The van der Waals surface area contributed by atoms with Crippen molar-refractivity contribution in [2.75, 3.05) is 33.0 Å². The lowest BCUT2D eigenvalue weighted by Gasteiger charge is -2.28. The largest absolute Gasteiger partial charge is 0.480 e. The van der Waals surface area contributed by atoms with Crippen LogP contribution in [-0.2, 0) is 11.3 Å². The zero-order valence-electron chi connectivity index (χ0n) is 15.1. The third-order valence-electron chi connectivity index (χ3n) is 5.05. The van der Waals surface area contributed by atoms with E-state index in [0.29, 0.717) is 18.0 Å². The van der Waals surface area contributed by atoms with E-state index in [-0.39, 0.29) is 6.79 Å². The van der Waals surface area contributed by atoms with Crippen LogP contribution in [0.3, 0.4) is 0 Å². The Labute approximate surface area is 158 Å². The van der Waals surface area contributed by atoms with Crippen molar-refractivity contribution in [3.8, 4) is 11.5 Å². The van der Waals surface area contributed by atoms with Crippen LogP contribution in [0.15, 0.2) is 42.6 Å². The lowest BCUT2D eigenvalue weighted by atomic mass is 10.0. The summed E-state index contributed by atoms with van der Waals surface area (Å²) in [6.07, 6.45) is 2.72. The molecule has 7 nitrogen and oxygen atoms in total. The normalized spacial score (nSPS) is 18.8. The minimum absolute atomic E-state index is 0.183. The number of hydrogen-bond donors (Lipinski definition) is 1. The number of ether oxygens (including phenoxy) is 2. The molecule has 2 aliphatic heterocycles. The van der Waals surface area contributed by atoms with Crippen molar-refractivity contribution in [2.45, 2.75) is 19.0 Å². The molecule has 1 atom stereocenters. The van der Waals surface area contributed by atoms with Gasteiger partial charge in [-0.05, 0) is 42.8 Å². The van der Waals surface area contributed by atoms with Gasteiger partial charge in [-0.3, -0.25) is 19.6 Å². The summed E-state index contributed by atoms with van der Waals surface area (Å²) < 4.78 is 10.7. The Balaban J connectivity index is 1.46. The summed E-state index contributed by atoms with van der Waals surface area (Å²) in [7, 11) is 0. The van der Waals surface area contributed by atoms with Gasteiger partial charge in [-0.15, -0.1) is 0 Å². The van der Waals surface area contributed by atoms with Crippen LogP contribution in [0.5, 0.6) is 11.5 Å². The fourth-order valence-electron chi connectivity index (χ4n) is 3.72. The van der Waals surface area contributed by atoms with Gasteiger partial charge in [-0.2, -0.15) is 0 Å². The highest BCUT2D eigenvalue weighted by atomic mass is 16.7. The molecule has 4 rings (SSSR count). The maximum Gasteiger partial charge on any atom is 0.325 e. The van der Waals surface area contributed by atoms with Gasteiger partial charge in [0, 0.05) is 32.4 Å². The Morgan fingerprint density at radius 2 is 2.00 bits per heavy atom. The summed E-state index contributed by atoms with van der Waals surface area (Å²) in [5.41, 5.74) is 1.77. The van der Waals surface area contributed by atoms with E-state index in [1.54, 1.807) is 18.3 Å². The van der Waals surface area contributed by atoms with Crippen molar-refractivity contribution < 1.29 is 19.4 Å². The van der Waals surface area contributed by atoms with E-state index in [4.69, 9.17) is 9.47 Å². The molecular formula is C20H23N3O4.